The summed E-state index contributed by atoms with van der Waals surface area (Å²) in [5, 5.41) is 12.9. The molecule has 1 amide bonds. The third-order valence-electron chi connectivity index (χ3n) is 4.30. The monoisotopic (exact) mass is 343 g/mol. The molecule has 0 radical (unpaired) electrons. The Labute approximate surface area is 138 Å². The smallest absolute Gasteiger partial charge is 0.425 e. The van der Waals surface area contributed by atoms with Crippen molar-refractivity contribution in [1.82, 2.24) is 5.32 Å². The van der Waals surface area contributed by atoms with E-state index < -0.39 is 11.8 Å². The lowest BCUT2D eigenvalue weighted by Gasteiger charge is -2.31. The van der Waals surface area contributed by atoms with Gasteiger partial charge in [0.25, 0.3) is 5.91 Å². The number of hydrogen-bond acceptors (Lipinski definition) is 3. The summed E-state index contributed by atoms with van der Waals surface area (Å²) in [6.07, 6.45) is -0.180. The minimum absolute atomic E-state index is 0.161. The average Bonchev–Trinajstić information content (AvgIpc) is 2.75. The maximum atomic E-state index is 13.7. The summed E-state index contributed by atoms with van der Waals surface area (Å²) in [6.45, 7) is 2.91. The molecule has 1 unspecified atom stereocenters. The van der Waals surface area contributed by atoms with Crippen LogP contribution >= 0.6 is 0 Å². The van der Waals surface area contributed by atoms with Gasteiger partial charge in [0.1, 0.15) is 0 Å². The molecule has 0 aromatic heterocycles. The zero-order valence-corrected chi connectivity index (χ0v) is 13.8. The first-order valence-electron chi connectivity index (χ1n) is 7.57. The van der Waals surface area contributed by atoms with Crippen LogP contribution < -0.4 is 5.32 Å². The summed E-state index contributed by atoms with van der Waals surface area (Å²) in [7, 11) is 1.44. The molecular formula is C17H20F3NO3. The number of hydrogen-bond donors (Lipinski definition) is 2. The van der Waals surface area contributed by atoms with Crippen molar-refractivity contribution >= 4 is 5.91 Å². The summed E-state index contributed by atoms with van der Waals surface area (Å²) in [6, 6.07) is 0. The first-order chi connectivity index (χ1) is 11.2. The molecule has 2 aliphatic carbocycles. The van der Waals surface area contributed by atoms with Gasteiger partial charge in [-0.1, -0.05) is 12.2 Å². The molecule has 132 valence electrons. The van der Waals surface area contributed by atoms with Crippen LogP contribution in [0.15, 0.2) is 46.3 Å². The van der Waals surface area contributed by atoms with Gasteiger partial charge in [-0.3, -0.25) is 4.79 Å². The summed E-state index contributed by atoms with van der Waals surface area (Å²) in [5.41, 5.74) is -2.51. The van der Waals surface area contributed by atoms with Gasteiger partial charge in [-0.2, -0.15) is 13.2 Å². The zero-order valence-electron chi connectivity index (χ0n) is 13.8. The van der Waals surface area contributed by atoms with Crippen molar-refractivity contribution in [3.63, 3.8) is 0 Å². The number of carbonyl (C=O) groups excluding carboxylic acids is 1. The normalized spacial score (nSPS) is 24.4. The number of alkyl halides is 3. The van der Waals surface area contributed by atoms with Crippen molar-refractivity contribution in [2.75, 3.05) is 13.7 Å². The Morgan fingerprint density at radius 3 is 2.67 bits per heavy atom. The Morgan fingerprint density at radius 2 is 2.12 bits per heavy atom. The zero-order chi connectivity index (χ0) is 18.1. The second-order valence-electron chi connectivity index (χ2n) is 5.71. The van der Waals surface area contributed by atoms with Crippen LogP contribution in [-0.2, 0) is 9.53 Å². The number of carbonyl (C=O) groups is 1. The second kappa shape index (κ2) is 6.47. The van der Waals surface area contributed by atoms with Crippen molar-refractivity contribution in [3.05, 3.63) is 46.3 Å². The van der Waals surface area contributed by atoms with Crippen molar-refractivity contribution in [1.29, 1.82) is 0 Å². The molecule has 0 heterocycles. The van der Waals surface area contributed by atoms with Crippen molar-refractivity contribution in [2.45, 2.75) is 38.5 Å². The van der Waals surface area contributed by atoms with E-state index in [4.69, 9.17) is 4.74 Å². The van der Waals surface area contributed by atoms with Crippen LogP contribution in [0, 0.1) is 0 Å². The van der Waals surface area contributed by atoms with Crippen LogP contribution in [0.2, 0.25) is 0 Å². The minimum Gasteiger partial charge on any atom is -0.488 e. The topological polar surface area (TPSA) is 58.6 Å². The van der Waals surface area contributed by atoms with E-state index in [0.717, 1.165) is 0 Å². The first kappa shape index (κ1) is 18.3. The number of amides is 1. The second-order valence-corrected chi connectivity index (χ2v) is 5.71. The summed E-state index contributed by atoms with van der Waals surface area (Å²) < 4.78 is 46.3. The summed E-state index contributed by atoms with van der Waals surface area (Å²) >= 11 is 0. The number of allylic oxidation sites excluding steroid dienone is 4. The van der Waals surface area contributed by atoms with E-state index in [-0.39, 0.29) is 29.4 Å². The van der Waals surface area contributed by atoms with Gasteiger partial charge in [-0.05, 0) is 37.5 Å². The molecule has 0 saturated heterocycles. The SMILES string of the molecule is C/C=C\C1=C(C)C2=C(C=C(OCC(=O)NC)CC2)C1(O)C(F)(F)F. The fourth-order valence-corrected chi connectivity index (χ4v) is 3.06. The Hall–Kier alpha value is -2.02. The minimum atomic E-state index is -4.86. The van der Waals surface area contributed by atoms with E-state index >= 15 is 0 Å². The van der Waals surface area contributed by atoms with Gasteiger partial charge in [-0.15, -0.1) is 0 Å². The van der Waals surface area contributed by atoms with Crippen LogP contribution in [0.4, 0.5) is 13.2 Å². The summed E-state index contributed by atoms with van der Waals surface area (Å²) in [5.74, 6) is -0.119. The lowest BCUT2D eigenvalue weighted by Crippen LogP contribution is -2.47. The van der Waals surface area contributed by atoms with E-state index in [0.29, 0.717) is 24.0 Å². The van der Waals surface area contributed by atoms with E-state index in [9.17, 15) is 23.1 Å². The van der Waals surface area contributed by atoms with E-state index in [1.54, 1.807) is 13.8 Å². The van der Waals surface area contributed by atoms with E-state index in [1.807, 2.05) is 0 Å². The van der Waals surface area contributed by atoms with Gasteiger partial charge < -0.3 is 15.2 Å². The van der Waals surface area contributed by atoms with E-state index in [2.05, 4.69) is 5.32 Å². The van der Waals surface area contributed by atoms with Crippen LogP contribution in [0.3, 0.4) is 0 Å². The quantitative estimate of drug-likeness (QED) is 0.825. The third kappa shape index (κ3) is 2.88. The largest absolute Gasteiger partial charge is 0.488 e. The fraction of sp³-hybridized carbons (Fsp3) is 0.471. The third-order valence-corrected chi connectivity index (χ3v) is 4.30. The highest BCUT2D eigenvalue weighted by atomic mass is 19.4. The standard InChI is InChI=1S/C17H20F3NO3/c1-4-5-13-10(2)12-7-6-11(24-9-15(22)21-3)8-14(12)16(13,23)17(18,19)20/h4-5,8,23H,6-7,9H2,1-3H3,(H,21,22)/b5-4-. The lowest BCUT2D eigenvalue weighted by molar-refractivity contribution is -0.226. The molecule has 4 nitrogen and oxygen atoms in total. The van der Waals surface area contributed by atoms with Crippen LogP contribution in [-0.4, -0.2) is 36.4 Å². The molecule has 0 aliphatic heterocycles. The van der Waals surface area contributed by atoms with Crippen molar-refractivity contribution < 1.29 is 27.8 Å². The van der Waals surface area contributed by atoms with Gasteiger partial charge in [0.15, 0.2) is 6.61 Å². The number of likely N-dealkylation sites (N-methyl/N-ethyl adjacent to an activating group) is 1. The van der Waals surface area contributed by atoms with Gasteiger partial charge in [0.2, 0.25) is 5.60 Å². The average molecular weight is 343 g/mol. The van der Waals surface area contributed by atoms with Crippen LogP contribution in [0.25, 0.3) is 0 Å². The molecule has 2 rings (SSSR count). The lowest BCUT2D eigenvalue weighted by atomic mass is 9.85. The van der Waals surface area contributed by atoms with Gasteiger partial charge in [-0.25, -0.2) is 0 Å². The highest BCUT2D eigenvalue weighted by molar-refractivity contribution is 5.77. The molecule has 0 spiro atoms. The predicted octanol–water partition coefficient (Wildman–Crippen LogP) is 2.92. The molecule has 0 fully saturated rings. The summed E-state index contributed by atoms with van der Waals surface area (Å²) in [4.78, 5) is 11.2. The molecular weight excluding hydrogens is 323 g/mol. The molecule has 2 N–H and O–H groups in total. The maximum Gasteiger partial charge on any atom is 0.425 e. The fourth-order valence-electron chi connectivity index (χ4n) is 3.06. The molecule has 2 aliphatic rings. The highest BCUT2D eigenvalue weighted by Gasteiger charge is 2.61. The van der Waals surface area contributed by atoms with Gasteiger partial charge in [0.05, 0.1) is 5.76 Å². The molecule has 0 bridgehead atoms. The number of halogens is 3. The van der Waals surface area contributed by atoms with Gasteiger partial charge >= 0.3 is 6.18 Å². The van der Waals surface area contributed by atoms with Gasteiger partial charge in [0, 0.05) is 24.6 Å². The maximum absolute atomic E-state index is 13.7. The Bertz CT molecular complexity index is 671. The Morgan fingerprint density at radius 1 is 1.46 bits per heavy atom. The number of ether oxygens (including phenoxy) is 1. The number of nitrogens with one attached hydrogen (secondary N) is 1. The number of rotatable bonds is 4. The first-order valence-corrected chi connectivity index (χ1v) is 7.57. The molecule has 24 heavy (non-hydrogen) atoms. The molecule has 0 aromatic carbocycles. The van der Waals surface area contributed by atoms with Crippen LogP contribution in [0.1, 0.15) is 26.7 Å². The Balaban J connectivity index is 2.44. The molecule has 1 atom stereocenters. The molecule has 0 saturated carbocycles. The Kier molecular flexibility index (Phi) is 4.94. The van der Waals surface area contributed by atoms with Crippen molar-refractivity contribution in [2.24, 2.45) is 0 Å². The van der Waals surface area contributed by atoms with E-state index in [1.165, 1.54) is 25.3 Å². The number of aliphatic hydroxyl groups is 1. The molecule has 7 heteroatoms. The van der Waals surface area contributed by atoms with Crippen LogP contribution in [0.5, 0.6) is 0 Å². The predicted molar refractivity (Wildman–Crippen MR) is 82.9 cm³/mol. The van der Waals surface area contributed by atoms with Crippen molar-refractivity contribution in [3.8, 4) is 0 Å². The highest BCUT2D eigenvalue weighted by Crippen LogP contribution is 2.53. The molecule has 0 aromatic rings.